The lowest BCUT2D eigenvalue weighted by Crippen LogP contribution is -2.23. The van der Waals surface area contributed by atoms with Crippen molar-refractivity contribution in [3.05, 3.63) is 81.5 Å². The minimum atomic E-state index is -0.205. The van der Waals surface area contributed by atoms with Gasteiger partial charge in [0, 0.05) is 17.3 Å². The van der Waals surface area contributed by atoms with Crippen LogP contribution >= 0.6 is 11.3 Å². The van der Waals surface area contributed by atoms with Crippen molar-refractivity contribution in [1.29, 1.82) is 0 Å². The van der Waals surface area contributed by atoms with Gasteiger partial charge < -0.3 is 9.47 Å². The maximum absolute atomic E-state index is 12.7. The molecule has 0 spiro atoms. The Hall–Kier alpha value is -3.98. The normalized spacial score (nSPS) is 11.9. The molecule has 0 saturated heterocycles. The minimum Gasteiger partial charge on any atom is -0.493 e. The van der Waals surface area contributed by atoms with E-state index in [2.05, 4.69) is 10.1 Å². The van der Waals surface area contributed by atoms with Crippen molar-refractivity contribution in [2.45, 2.75) is 0 Å². The van der Waals surface area contributed by atoms with Gasteiger partial charge in [-0.25, -0.2) is 9.67 Å². The first-order valence-corrected chi connectivity index (χ1v) is 10.2. The van der Waals surface area contributed by atoms with Crippen LogP contribution in [0.4, 0.5) is 0 Å². The Bertz CT molecular complexity index is 1490. The summed E-state index contributed by atoms with van der Waals surface area (Å²) in [4.78, 5) is 17.3. The second-order valence-electron chi connectivity index (χ2n) is 6.65. The fourth-order valence-electron chi connectivity index (χ4n) is 3.33. The summed E-state index contributed by atoms with van der Waals surface area (Å²) in [6.45, 7) is 0. The predicted molar refractivity (Wildman–Crippen MR) is 118 cm³/mol. The van der Waals surface area contributed by atoms with Gasteiger partial charge in [-0.3, -0.25) is 4.79 Å². The van der Waals surface area contributed by atoms with Gasteiger partial charge in [-0.2, -0.15) is 14.7 Å². The summed E-state index contributed by atoms with van der Waals surface area (Å²) in [6.07, 6.45) is 5.10. The monoisotopic (exact) mass is 431 g/mol. The molecule has 0 aliphatic carbocycles. The first-order chi connectivity index (χ1) is 15.2. The van der Waals surface area contributed by atoms with Crippen molar-refractivity contribution in [3.63, 3.8) is 0 Å². The lowest BCUT2D eigenvalue weighted by molar-refractivity contribution is 0.355. The van der Waals surface area contributed by atoms with Gasteiger partial charge in [0.25, 0.3) is 5.56 Å². The van der Waals surface area contributed by atoms with Crippen LogP contribution < -0.4 is 19.6 Å². The van der Waals surface area contributed by atoms with E-state index in [9.17, 15) is 4.79 Å². The third-order valence-corrected chi connectivity index (χ3v) is 5.80. The summed E-state index contributed by atoms with van der Waals surface area (Å²) in [5.74, 6) is 1.23. The van der Waals surface area contributed by atoms with Gasteiger partial charge in [-0.1, -0.05) is 29.5 Å². The third-order valence-electron chi connectivity index (χ3n) is 4.83. The fraction of sp³-hybridized carbons (Fsp3) is 0.0909. The topological polar surface area (TPSA) is 83.5 Å². The van der Waals surface area contributed by atoms with Crippen LogP contribution in [-0.4, -0.2) is 38.6 Å². The van der Waals surface area contributed by atoms with E-state index in [4.69, 9.17) is 14.6 Å². The van der Waals surface area contributed by atoms with Crippen molar-refractivity contribution in [2.24, 2.45) is 0 Å². The van der Waals surface area contributed by atoms with E-state index in [0.29, 0.717) is 26.7 Å². The number of rotatable bonds is 5. The molecule has 2 aromatic carbocycles. The molecule has 0 unspecified atom stereocenters. The number of para-hydroxylation sites is 1. The quantitative estimate of drug-likeness (QED) is 0.425. The zero-order valence-electron chi connectivity index (χ0n) is 16.7. The zero-order chi connectivity index (χ0) is 21.4. The third kappa shape index (κ3) is 3.34. The van der Waals surface area contributed by atoms with Crippen LogP contribution in [0.5, 0.6) is 11.5 Å². The number of nitrogens with zero attached hydrogens (tertiary/aromatic N) is 5. The van der Waals surface area contributed by atoms with E-state index in [0.717, 1.165) is 16.8 Å². The van der Waals surface area contributed by atoms with Gasteiger partial charge in [-0.05, 0) is 36.4 Å². The first-order valence-electron chi connectivity index (χ1n) is 9.39. The second-order valence-corrected chi connectivity index (χ2v) is 7.66. The fourth-order valence-corrected chi connectivity index (χ4v) is 4.21. The van der Waals surface area contributed by atoms with Crippen LogP contribution in [0.15, 0.2) is 65.8 Å². The first kappa shape index (κ1) is 19.0. The number of fused-ring (bicyclic) bond motifs is 1. The molecule has 0 fully saturated rings. The van der Waals surface area contributed by atoms with Gasteiger partial charge in [0.2, 0.25) is 4.96 Å². The maximum atomic E-state index is 12.7. The average Bonchev–Trinajstić information content (AvgIpc) is 3.51. The smallest absolute Gasteiger partial charge is 0.291 e. The van der Waals surface area contributed by atoms with Crippen molar-refractivity contribution in [1.82, 2.24) is 24.4 Å². The molecule has 9 heteroatoms. The second kappa shape index (κ2) is 7.69. The molecule has 0 aliphatic heterocycles. The maximum Gasteiger partial charge on any atom is 0.291 e. The van der Waals surface area contributed by atoms with Crippen molar-refractivity contribution >= 4 is 22.4 Å². The molecule has 0 bridgehead atoms. The Morgan fingerprint density at radius 3 is 2.58 bits per heavy atom. The number of hydrogen-bond donors (Lipinski definition) is 0. The molecule has 31 heavy (non-hydrogen) atoms. The highest BCUT2D eigenvalue weighted by Crippen LogP contribution is 2.33. The number of benzene rings is 2. The molecule has 154 valence electrons. The van der Waals surface area contributed by atoms with Gasteiger partial charge in [-0.15, -0.1) is 0 Å². The molecule has 3 aromatic heterocycles. The molecular formula is C22H17N5O3S. The molecule has 5 rings (SSSR count). The summed E-state index contributed by atoms with van der Waals surface area (Å²) in [5.41, 5.74) is 3.04. The Labute approximate surface area is 180 Å². The van der Waals surface area contributed by atoms with E-state index in [-0.39, 0.29) is 5.56 Å². The molecule has 5 aromatic rings. The highest BCUT2D eigenvalue weighted by molar-refractivity contribution is 7.15. The van der Waals surface area contributed by atoms with Crippen LogP contribution in [0.3, 0.4) is 0 Å². The Balaban J connectivity index is 1.72. The van der Waals surface area contributed by atoms with Gasteiger partial charge >= 0.3 is 0 Å². The number of hydrogen-bond acceptors (Lipinski definition) is 7. The number of aromatic nitrogens is 5. The van der Waals surface area contributed by atoms with Crippen LogP contribution in [0.25, 0.3) is 28.0 Å². The van der Waals surface area contributed by atoms with Crippen molar-refractivity contribution in [3.8, 4) is 28.4 Å². The summed E-state index contributed by atoms with van der Waals surface area (Å²) in [5, 5.41) is 8.79. The number of methoxy groups -OCH3 is 2. The number of ether oxygens (including phenoxy) is 2. The average molecular weight is 431 g/mol. The highest BCUT2D eigenvalue weighted by atomic mass is 32.1. The van der Waals surface area contributed by atoms with Crippen LogP contribution in [0, 0.1) is 0 Å². The largest absolute Gasteiger partial charge is 0.493 e. The minimum absolute atomic E-state index is 0.205. The molecular weight excluding hydrogens is 414 g/mol. The van der Waals surface area contributed by atoms with E-state index < -0.39 is 0 Å². The molecule has 3 heterocycles. The molecule has 0 amide bonds. The molecule has 8 nitrogen and oxygen atoms in total. The predicted octanol–water partition coefficient (Wildman–Crippen LogP) is 2.57. The van der Waals surface area contributed by atoms with Crippen molar-refractivity contribution in [2.75, 3.05) is 14.2 Å². The molecule has 0 radical (unpaired) electrons. The Kier molecular flexibility index (Phi) is 4.72. The molecule has 0 N–H and O–H groups in total. The van der Waals surface area contributed by atoms with E-state index >= 15 is 0 Å². The summed E-state index contributed by atoms with van der Waals surface area (Å²) in [6, 6.07) is 15.4. The van der Waals surface area contributed by atoms with Crippen LogP contribution in [-0.2, 0) is 0 Å². The van der Waals surface area contributed by atoms with Gasteiger partial charge in [0.15, 0.2) is 11.5 Å². The SMILES string of the molecule is COc1ccc(-c2nn(-c3ccccc3)cc2C=c2sc3ncnn3c2=O)cc1OC. The van der Waals surface area contributed by atoms with E-state index in [1.54, 1.807) is 18.9 Å². The molecule has 0 atom stereocenters. The Morgan fingerprint density at radius 2 is 1.84 bits per heavy atom. The zero-order valence-corrected chi connectivity index (χ0v) is 17.5. The molecule has 0 saturated carbocycles. The standard InChI is InChI=1S/C22H17N5O3S/c1-29-17-9-8-14(10-18(17)30-2)20-15(12-26(25-20)16-6-4-3-5-7-16)11-19-21(28)27-22(31-19)23-13-24-27/h3-13H,1-2H3. The summed E-state index contributed by atoms with van der Waals surface area (Å²) in [7, 11) is 3.19. The van der Waals surface area contributed by atoms with Crippen molar-refractivity contribution < 1.29 is 9.47 Å². The lowest BCUT2D eigenvalue weighted by Gasteiger charge is -2.09. The van der Waals surface area contributed by atoms with Crippen LogP contribution in [0.1, 0.15) is 5.56 Å². The molecule has 0 aliphatic rings. The lowest BCUT2D eigenvalue weighted by atomic mass is 10.1. The Morgan fingerprint density at radius 1 is 1.03 bits per heavy atom. The highest BCUT2D eigenvalue weighted by Gasteiger charge is 2.15. The van der Waals surface area contributed by atoms with E-state index in [1.165, 1.54) is 22.2 Å². The van der Waals surface area contributed by atoms with Gasteiger partial charge in [0.05, 0.1) is 24.4 Å². The summed E-state index contributed by atoms with van der Waals surface area (Å²) < 4.78 is 14.4. The van der Waals surface area contributed by atoms with Gasteiger partial charge in [0.1, 0.15) is 12.0 Å². The van der Waals surface area contributed by atoms with E-state index in [1.807, 2.05) is 60.8 Å². The number of thiazole rings is 1. The summed E-state index contributed by atoms with van der Waals surface area (Å²) >= 11 is 1.29. The van der Waals surface area contributed by atoms with Crippen LogP contribution in [0.2, 0.25) is 0 Å².